The first-order chi connectivity index (χ1) is 7.39. The van der Waals surface area contributed by atoms with Crippen LogP contribution in [0, 0.1) is 0 Å². The summed E-state index contributed by atoms with van der Waals surface area (Å²) in [6.45, 7) is 4.06. The number of hydrogen-bond donors (Lipinski definition) is 3. The van der Waals surface area contributed by atoms with Crippen molar-refractivity contribution in [3.8, 4) is 0 Å². The number of carbonyl (C=O) groups is 2. The van der Waals surface area contributed by atoms with Crippen molar-refractivity contribution in [1.29, 1.82) is 0 Å². The molecule has 0 aromatic heterocycles. The van der Waals surface area contributed by atoms with Crippen molar-refractivity contribution in [2.75, 3.05) is 13.1 Å². The number of hydrogen-bond acceptors (Lipinski definition) is 3. The molecule has 1 heterocycles. The zero-order valence-corrected chi connectivity index (χ0v) is 9.58. The van der Waals surface area contributed by atoms with Crippen LogP contribution in [0.25, 0.3) is 0 Å². The molecule has 16 heavy (non-hydrogen) atoms. The van der Waals surface area contributed by atoms with Crippen molar-refractivity contribution in [3.63, 3.8) is 0 Å². The van der Waals surface area contributed by atoms with E-state index in [0.29, 0.717) is 6.54 Å². The number of urea groups is 1. The number of rotatable bonds is 4. The van der Waals surface area contributed by atoms with Crippen LogP contribution in [0.4, 0.5) is 4.79 Å². The van der Waals surface area contributed by atoms with Crippen LogP contribution in [0.2, 0.25) is 0 Å². The van der Waals surface area contributed by atoms with Gasteiger partial charge in [-0.1, -0.05) is 0 Å². The number of ether oxygens (including phenoxy) is 1. The number of amides is 2. The standard InChI is InChI=1S/C10H18N2O4/c1-10(2)4-3-7(16-10)5-11-9(15)12-6-8(13)14/h7H,3-6H2,1-2H3,(H,13,14)(H2,11,12,15). The summed E-state index contributed by atoms with van der Waals surface area (Å²) in [6.07, 6.45) is 1.90. The van der Waals surface area contributed by atoms with Gasteiger partial charge >= 0.3 is 12.0 Å². The lowest BCUT2D eigenvalue weighted by Crippen LogP contribution is -2.42. The van der Waals surface area contributed by atoms with Gasteiger partial charge in [-0.25, -0.2) is 4.79 Å². The molecule has 1 fully saturated rings. The Morgan fingerprint density at radius 1 is 1.44 bits per heavy atom. The third-order valence-electron chi connectivity index (χ3n) is 2.44. The summed E-state index contributed by atoms with van der Waals surface area (Å²) >= 11 is 0. The topological polar surface area (TPSA) is 87.7 Å². The van der Waals surface area contributed by atoms with Crippen molar-refractivity contribution < 1.29 is 19.4 Å². The molecule has 0 bridgehead atoms. The molecule has 0 aliphatic carbocycles. The molecule has 2 amide bonds. The molecule has 0 radical (unpaired) electrons. The molecule has 0 aromatic carbocycles. The van der Waals surface area contributed by atoms with E-state index in [1.165, 1.54) is 0 Å². The molecule has 1 unspecified atom stereocenters. The van der Waals surface area contributed by atoms with Gasteiger partial charge in [0.25, 0.3) is 0 Å². The Balaban J connectivity index is 2.15. The Morgan fingerprint density at radius 3 is 2.62 bits per heavy atom. The van der Waals surface area contributed by atoms with Gasteiger partial charge in [0, 0.05) is 6.54 Å². The average molecular weight is 230 g/mol. The van der Waals surface area contributed by atoms with Crippen LogP contribution in [-0.4, -0.2) is 41.9 Å². The largest absolute Gasteiger partial charge is 0.480 e. The number of carboxylic acid groups (broad SMARTS) is 1. The maximum absolute atomic E-state index is 11.1. The fraction of sp³-hybridized carbons (Fsp3) is 0.800. The summed E-state index contributed by atoms with van der Waals surface area (Å²) in [5.74, 6) is -1.06. The smallest absolute Gasteiger partial charge is 0.323 e. The van der Waals surface area contributed by atoms with E-state index in [4.69, 9.17) is 9.84 Å². The lowest BCUT2D eigenvalue weighted by Gasteiger charge is -2.19. The van der Waals surface area contributed by atoms with E-state index in [9.17, 15) is 9.59 Å². The SMILES string of the molecule is CC1(C)CCC(CNC(=O)NCC(=O)O)O1. The third-order valence-corrected chi connectivity index (χ3v) is 2.44. The Labute approximate surface area is 94.3 Å². The van der Waals surface area contributed by atoms with Crippen molar-refractivity contribution in [3.05, 3.63) is 0 Å². The van der Waals surface area contributed by atoms with E-state index in [2.05, 4.69) is 10.6 Å². The molecule has 1 atom stereocenters. The first-order valence-corrected chi connectivity index (χ1v) is 5.30. The Kier molecular flexibility index (Phi) is 4.12. The molecule has 0 saturated carbocycles. The number of carbonyl (C=O) groups excluding carboxylic acids is 1. The molecule has 1 rings (SSSR count). The van der Waals surface area contributed by atoms with Crippen LogP contribution in [0.3, 0.4) is 0 Å². The van der Waals surface area contributed by atoms with Crippen LogP contribution < -0.4 is 10.6 Å². The first-order valence-electron chi connectivity index (χ1n) is 5.30. The lowest BCUT2D eigenvalue weighted by atomic mass is 10.1. The average Bonchev–Trinajstić information content (AvgIpc) is 2.52. The summed E-state index contributed by atoms with van der Waals surface area (Å²) in [5, 5.41) is 13.1. The highest BCUT2D eigenvalue weighted by Gasteiger charge is 2.31. The molecular weight excluding hydrogens is 212 g/mol. The second-order valence-electron chi connectivity index (χ2n) is 4.50. The van der Waals surface area contributed by atoms with Crippen LogP contribution in [0.5, 0.6) is 0 Å². The summed E-state index contributed by atoms with van der Waals surface area (Å²) in [7, 11) is 0. The molecule has 3 N–H and O–H groups in total. The van der Waals surface area contributed by atoms with E-state index in [1.807, 2.05) is 13.8 Å². The van der Waals surface area contributed by atoms with Crippen molar-refractivity contribution >= 4 is 12.0 Å². The van der Waals surface area contributed by atoms with Crippen molar-refractivity contribution in [1.82, 2.24) is 10.6 Å². The van der Waals surface area contributed by atoms with E-state index in [0.717, 1.165) is 12.8 Å². The van der Waals surface area contributed by atoms with Gasteiger partial charge in [0.1, 0.15) is 6.54 Å². The van der Waals surface area contributed by atoms with Gasteiger partial charge in [-0.2, -0.15) is 0 Å². The maximum atomic E-state index is 11.1. The molecule has 92 valence electrons. The van der Waals surface area contributed by atoms with Gasteiger partial charge in [0.2, 0.25) is 0 Å². The van der Waals surface area contributed by atoms with Gasteiger partial charge in [-0.3, -0.25) is 4.79 Å². The van der Waals surface area contributed by atoms with Gasteiger partial charge in [0.05, 0.1) is 11.7 Å². The van der Waals surface area contributed by atoms with Gasteiger partial charge in [-0.05, 0) is 26.7 Å². The van der Waals surface area contributed by atoms with E-state index in [-0.39, 0.29) is 18.2 Å². The second-order valence-corrected chi connectivity index (χ2v) is 4.50. The highest BCUT2D eigenvalue weighted by atomic mass is 16.5. The Hall–Kier alpha value is -1.30. The van der Waals surface area contributed by atoms with E-state index in [1.54, 1.807) is 0 Å². The summed E-state index contributed by atoms with van der Waals surface area (Å²) < 4.78 is 5.67. The predicted molar refractivity (Wildman–Crippen MR) is 57.2 cm³/mol. The van der Waals surface area contributed by atoms with E-state index >= 15 is 0 Å². The molecule has 0 spiro atoms. The second kappa shape index (κ2) is 5.16. The molecule has 1 aliphatic rings. The van der Waals surface area contributed by atoms with Gasteiger partial charge in [0.15, 0.2) is 0 Å². The zero-order valence-electron chi connectivity index (χ0n) is 9.58. The summed E-state index contributed by atoms with van der Waals surface area (Å²) in [6, 6.07) is -0.476. The minimum absolute atomic E-state index is 0.0191. The van der Waals surface area contributed by atoms with Crippen LogP contribution in [-0.2, 0) is 9.53 Å². The van der Waals surface area contributed by atoms with Crippen molar-refractivity contribution in [2.24, 2.45) is 0 Å². The van der Waals surface area contributed by atoms with E-state index < -0.39 is 12.0 Å². The fourth-order valence-electron chi connectivity index (χ4n) is 1.65. The zero-order chi connectivity index (χ0) is 12.2. The molecule has 1 saturated heterocycles. The highest BCUT2D eigenvalue weighted by molar-refractivity contribution is 5.79. The third kappa shape index (κ3) is 4.48. The minimum atomic E-state index is -1.06. The number of carboxylic acids is 1. The lowest BCUT2D eigenvalue weighted by molar-refractivity contribution is -0.135. The quantitative estimate of drug-likeness (QED) is 0.649. The Morgan fingerprint density at radius 2 is 2.12 bits per heavy atom. The number of nitrogens with one attached hydrogen (secondary N) is 2. The highest BCUT2D eigenvalue weighted by Crippen LogP contribution is 2.28. The van der Waals surface area contributed by atoms with Crippen molar-refractivity contribution in [2.45, 2.75) is 38.4 Å². The van der Waals surface area contributed by atoms with Gasteiger partial charge in [-0.15, -0.1) is 0 Å². The summed E-state index contributed by atoms with van der Waals surface area (Å²) in [4.78, 5) is 21.3. The fourth-order valence-corrected chi connectivity index (χ4v) is 1.65. The molecule has 0 aromatic rings. The monoisotopic (exact) mass is 230 g/mol. The predicted octanol–water partition coefficient (Wildman–Crippen LogP) is 0.328. The Bertz CT molecular complexity index is 278. The molecule has 1 aliphatic heterocycles. The normalized spacial score (nSPS) is 22.8. The van der Waals surface area contributed by atoms with Crippen LogP contribution in [0.1, 0.15) is 26.7 Å². The maximum Gasteiger partial charge on any atom is 0.323 e. The van der Waals surface area contributed by atoms with Gasteiger partial charge < -0.3 is 20.5 Å². The number of aliphatic carboxylic acids is 1. The molecule has 6 nitrogen and oxygen atoms in total. The molecule has 6 heteroatoms. The molecular formula is C10H18N2O4. The summed E-state index contributed by atoms with van der Waals surface area (Å²) in [5.41, 5.74) is -0.121. The van der Waals surface area contributed by atoms with Crippen LogP contribution >= 0.6 is 0 Å². The minimum Gasteiger partial charge on any atom is -0.480 e. The first kappa shape index (κ1) is 12.8. The van der Waals surface area contributed by atoms with Crippen LogP contribution in [0.15, 0.2) is 0 Å².